The average molecular weight is 289 g/mol. The van der Waals surface area contributed by atoms with Gasteiger partial charge in [0.15, 0.2) is 0 Å². The van der Waals surface area contributed by atoms with Crippen LogP contribution < -0.4 is 10.1 Å². The third kappa shape index (κ3) is 3.86. The number of rotatable bonds is 5. The second-order valence-electron chi connectivity index (χ2n) is 5.04. The van der Waals surface area contributed by atoms with Gasteiger partial charge in [-0.25, -0.2) is 0 Å². The highest BCUT2D eigenvalue weighted by Gasteiger charge is 2.22. The number of piperidine rings is 1. The third-order valence-electron chi connectivity index (χ3n) is 3.66. The van der Waals surface area contributed by atoms with E-state index in [1.165, 1.54) is 13.2 Å². The van der Waals surface area contributed by atoms with E-state index in [0.717, 1.165) is 25.9 Å². The largest absolute Gasteiger partial charge is 0.496 e. The summed E-state index contributed by atoms with van der Waals surface area (Å²) in [6.07, 6.45) is 7.15. The maximum Gasteiger partial charge on any atom is 0.296 e. The summed E-state index contributed by atoms with van der Waals surface area (Å²) < 4.78 is 5.03. The van der Waals surface area contributed by atoms with Crippen molar-refractivity contribution in [2.45, 2.75) is 18.9 Å². The van der Waals surface area contributed by atoms with Gasteiger partial charge in [0.25, 0.3) is 5.69 Å². The summed E-state index contributed by atoms with van der Waals surface area (Å²) in [5, 5.41) is 14.4. The smallest absolute Gasteiger partial charge is 0.296 e. The minimum absolute atomic E-state index is 0.0420. The second kappa shape index (κ2) is 6.95. The van der Waals surface area contributed by atoms with E-state index in [1.807, 2.05) is 0 Å². The molecule has 0 aliphatic carbocycles. The highest BCUT2D eigenvalue weighted by molar-refractivity contribution is 5.64. The number of methoxy groups -OCH3 is 1. The van der Waals surface area contributed by atoms with Crippen molar-refractivity contribution in [1.82, 2.24) is 4.90 Å². The van der Waals surface area contributed by atoms with E-state index in [1.54, 1.807) is 12.1 Å². The highest BCUT2D eigenvalue weighted by Crippen LogP contribution is 2.30. The fourth-order valence-corrected chi connectivity index (χ4v) is 2.50. The zero-order chi connectivity index (χ0) is 15.2. The first-order valence-corrected chi connectivity index (χ1v) is 6.89. The Morgan fingerprint density at radius 2 is 2.24 bits per heavy atom. The first kappa shape index (κ1) is 15.1. The van der Waals surface area contributed by atoms with Crippen molar-refractivity contribution >= 4 is 11.4 Å². The number of likely N-dealkylation sites (tertiary alicyclic amines) is 1. The van der Waals surface area contributed by atoms with Crippen LogP contribution in [0.2, 0.25) is 0 Å². The molecule has 1 aromatic rings. The molecular weight excluding hydrogens is 270 g/mol. The highest BCUT2D eigenvalue weighted by atomic mass is 16.6. The number of terminal acetylenes is 1. The zero-order valence-electron chi connectivity index (χ0n) is 12.0. The van der Waals surface area contributed by atoms with Gasteiger partial charge in [-0.15, -0.1) is 6.42 Å². The first-order valence-electron chi connectivity index (χ1n) is 6.89. The molecule has 1 aliphatic rings. The van der Waals surface area contributed by atoms with Crippen LogP contribution >= 0.6 is 0 Å². The molecule has 1 saturated heterocycles. The van der Waals surface area contributed by atoms with Crippen LogP contribution in [0.15, 0.2) is 18.2 Å². The monoisotopic (exact) mass is 289 g/mol. The molecular formula is C15H19N3O3. The molecule has 1 heterocycles. The molecule has 2 rings (SSSR count). The predicted molar refractivity (Wildman–Crippen MR) is 81.6 cm³/mol. The fourth-order valence-electron chi connectivity index (χ4n) is 2.50. The normalized spacial score (nSPS) is 16.2. The average Bonchev–Trinajstić information content (AvgIpc) is 2.49. The van der Waals surface area contributed by atoms with Gasteiger partial charge in [-0.3, -0.25) is 15.0 Å². The first-order chi connectivity index (χ1) is 10.1. The van der Waals surface area contributed by atoms with E-state index in [2.05, 4.69) is 16.1 Å². The van der Waals surface area contributed by atoms with Gasteiger partial charge in [0.05, 0.1) is 24.6 Å². The SMILES string of the molecule is C#CCN1CCC(Nc2ccc(OC)cc2[N+](=O)[O-])CC1. The van der Waals surface area contributed by atoms with Crippen molar-refractivity contribution in [3.63, 3.8) is 0 Å². The number of ether oxygens (including phenoxy) is 1. The van der Waals surface area contributed by atoms with Crippen LogP contribution in [0.3, 0.4) is 0 Å². The Labute approximate surface area is 124 Å². The van der Waals surface area contributed by atoms with E-state index in [-0.39, 0.29) is 11.7 Å². The number of nitro groups is 1. The van der Waals surface area contributed by atoms with Crippen molar-refractivity contribution in [1.29, 1.82) is 0 Å². The van der Waals surface area contributed by atoms with Crippen molar-refractivity contribution in [2.24, 2.45) is 0 Å². The fraction of sp³-hybridized carbons (Fsp3) is 0.467. The summed E-state index contributed by atoms with van der Waals surface area (Å²) >= 11 is 0. The lowest BCUT2D eigenvalue weighted by atomic mass is 10.0. The molecule has 0 aromatic heterocycles. The molecule has 0 radical (unpaired) electrons. The summed E-state index contributed by atoms with van der Waals surface area (Å²) in [6.45, 7) is 2.48. The van der Waals surface area contributed by atoms with Crippen LogP contribution in [-0.2, 0) is 0 Å². The lowest BCUT2D eigenvalue weighted by molar-refractivity contribution is -0.384. The van der Waals surface area contributed by atoms with Crippen LogP contribution in [0.1, 0.15) is 12.8 Å². The number of nitrogens with zero attached hydrogens (tertiary/aromatic N) is 2. The molecule has 0 amide bonds. The Bertz CT molecular complexity index is 546. The van der Waals surface area contributed by atoms with E-state index < -0.39 is 4.92 Å². The van der Waals surface area contributed by atoms with Crippen molar-refractivity contribution in [3.8, 4) is 18.1 Å². The van der Waals surface area contributed by atoms with Gasteiger partial charge in [0.2, 0.25) is 0 Å². The lowest BCUT2D eigenvalue weighted by Crippen LogP contribution is -2.39. The Morgan fingerprint density at radius 3 is 2.81 bits per heavy atom. The van der Waals surface area contributed by atoms with Gasteiger partial charge < -0.3 is 10.1 Å². The Balaban J connectivity index is 2.03. The number of benzene rings is 1. The van der Waals surface area contributed by atoms with Gasteiger partial charge in [-0.2, -0.15) is 0 Å². The molecule has 6 heteroatoms. The standard InChI is InChI=1S/C15H19N3O3/c1-3-8-17-9-6-12(7-10-17)16-14-5-4-13(21-2)11-15(14)18(19)20/h1,4-5,11-12,16H,6-10H2,2H3. The van der Waals surface area contributed by atoms with Gasteiger partial charge in [0.1, 0.15) is 11.4 Å². The molecule has 1 aromatic carbocycles. The minimum Gasteiger partial charge on any atom is -0.496 e. The Morgan fingerprint density at radius 1 is 1.52 bits per heavy atom. The van der Waals surface area contributed by atoms with Crippen LogP contribution in [0, 0.1) is 22.5 Å². The molecule has 1 fully saturated rings. The van der Waals surface area contributed by atoms with E-state index in [4.69, 9.17) is 11.2 Å². The molecule has 112 valence electrons. The van der Waals surface area contributed by atoms with Gasteiger partial charge in [0, 0.05) is 19.1 Å². The number of nitro benzene ring substituents is 1. The topological polar surface area (TPSA) is 67.6 Å². The maximum atomic E-state index is 11.1. The molecule has 0 spiro atoms. The number of hydrogen-bond acceptors (Lipinski definition) is 5. The molecule has 0 unspecified atom stereocenters. The van der Waals surface area contributed by atoms with Crippen molar-refractivity contribution in [2.75, 3.05) is 32.1 Å². The van der Waals surface area contributed by atoms with E-state index in [0.29, 0.717) is 18.0 Å². The van der Waals surface area contributed by atoms with Crippen LogP contribution in [-0.4, -0.2) is 42.6 Å². The van der Waals surface area contributed by atoms with Crippen LogP contribution in [0.25, 0.3) is 0 Å². The number of nitrogens with one attached hydrogen (secondary N) is 1. The predicted octanol–water partition coefficient (Wildman–Crippen LogP) is 2.11. The molecule has 1 aliphatic heterocycles. The molecule has 6 nitrogen and oxygen atoms in total. The van der Waals surface area contributed by atoms with Gasteiger partial charge in [-0.05, 0) is 25.0 Å². The van der Waals surface area contributed by atoms with E-state index >= 15 is 0 Å². The minimum atomic E-state index is -0.391. The lowest BCUT2D eigenvalue weighted by Gasteiger charge is -2.31. The summed E-state index contributed by atoms with van der Waals surface area (Å²) in [6, 6.07) is 5.09. The Hall–Kier alpha value is -2.26. The van der Waals surface area contributed by atoms with Crippen molar-refractivity contribution < 1.29 is 9.66 Å². The maximum absolute atomic E-state index is 11.1. The summed E-state index contributed by atoms with van der Waals surface area (Å²) in [4.78, 5) is 13.0. The molecule has 0 atom stereocenters. The van der Waals surface area contributed by atoms with E-state index in [9.17, 15) is 10.1 Å². The molecule has 21 heavy (non-hydrogen) atoms. The molecule has 0 saturated carbocycles. The summed E-state index contributed by atoms with van der Waals surface area (Å²) in [7, 11) is 1.49. The zero-order valence-corrected chi connectivity index (χ0v) is 12.0. The van der Waals surface area contributed by atoms with Crippen molar-refractivity contribution in [3.05, 3.63) is 28.3 Å². The van der Waals surface area contributed by atoms with Gasteiger partial charge in [-0.1, -0.05) is 5.92 Å². The molecule has 1 N–H and O–H groups in total. The summed E-state index contributed by atoms with van der Waals surface area (Å²) in [5.41, 5.74) is 0.580. The third-order valence-corrected chi connectivity index (χ3v) is 3.66. The van der Waals surface area contributed by atoms with Crippen LogP contribution in [0.5, 0.6) is 5.75 Å². The Kier molecular flexibility index (Phi) is 5.01. The number of hydrogen-bond donors (Lipinski definition) is 1. The quantitative estimate of drug-likeness (QED) is 0.511. The number of anilines is 1. The second-order valence-corrected chi connectivity index (χ2v) is 5.04. The molecule has 0 bridgehead atoms. The van der Waals surface area contributed by atoms with Crippen LogP contribution in [0.4, 0.5) is 11.4 Å². The van der Waals surface area contributed by atoms with Gasteiger partial charge >= 0.3 is 0 Å². The summed E-state index contributed by atoms with van der Waals surface area (Å²) in [5.74, 6) is 3.12.